The van der Waals surface area contributed by atoms with E-state index in [9.17, 15) is 0 Å². The third-order valence-electron chi connectivity index (χ3n) is 3.60. The summed E-state index contributed by atoms with van der Waals surface area (Å²) < 4.78 is 1.14. The Bertz CT molecular complexity index is 512. The molecule has 1 heterocycles. The van der Waals surface area contributed by atoms with E-state index in [2.05, 4.69) is 50.5 Å². The van der Waals surface area contributed by atoms with Gasteiger partial charge < -0.3 is 10.3 Å². The van der Waals surface area contributed by atoms with Crippen LogP contribution in [0.15, 0.2) is 28.7 Å². The number of rotatable bonds is 3. The summed E-state index contributed by atoms with van der Waals surface area (Å²) in [6.07, 6.45) is 5.44. The third kappa shape index (κ3) is 2.40. The maximum Gasteiger partial charge on any atom is 0.0600 e. The van der Waals surface area contributed by atoms with Crippen LogP contribution in [0.5, 0.6) is 0 Å². The molecule has 0 unspecified atom stereocenters. The molecule has 0 spiro atoms. The molecule has 2 aromatic rings. The van der Waals surface area contributed by atoms with E-state index in [1.54, 1.807) is 0 Å². The van der Waals surface area contributed by atoms with Crippen molar-refractivity contribution in [3.8, 4) is 0 Å². The van der Waals surface area contributed by atoms with Gasteiger partial charge in [-0.15, -0.1) is 0 Å². The first-order valence-electron chi connectivity index (χ1n) is 6.32. The van der Waals surface area contributed by atoms with Crippen LogP contribution >= 0.6 is 15.9 Å². The van der Waals surface area contributed by atoms with Gasteiger partial charge in [-0.05, 0) is 40.9 Å². The van der Waals surface area contributed by atoms with Crippen LogP contribution in [0.2, 0.25) is 0 Å². The van der Waals surface area contributed by atoms with Gasteiger partial charge >= 0.3 is 0 Å². The zero-order chi connectivity index (χ0) is 11.7. The molecule has 0 amide bonds. The normalized spacial score (nSPS) is 17.0. The highest BCUT2D eigenvalue weighted by molar-refractivity contribution is 9.10. The van der Waals surface area contributed by atoms with Crippen LogP contribution in [-0.4, -0.2) is 11.0 Å². The Morgan fingerprint density at radius 3 is 2.88 bits per heavy atom. The highest BCUT2D eigenvalue weighted by Crippen LogP contribution is 2.24. The Balaban J connectivity index is 1.74. The Labute approximate surface area is 110 Å². The van der Waals surface area contributed by atoms with E-state index in [-0.39, 0.29) is 0 Å². The fourth-order valence-electron chi connectivity index (χ4n) is 2.66. The van der Waals surface area contributed by atoms with Crippen LogP contribution in [-0.2, 0) is 6.54 Å². The van der Waals surface area contributed by atoms with Crippen LogP contribution in [0.1, 0.15) is 31.4 Å². The van der Waals surface area contributed by atoms with E-state index in [1.165, 1.54) is 42.3 Å². The molecule has 2 N–H and O–H groups in total. The average Bonchev–Trinajstić information content (AvgIpc) is 2.95. The van der Waals surface area contributed by atoms with E-state index in [4.69, 9.17) is 0 Å². The van der Waals surface area contributed by atoms with Crippen LogP contribution in [0.25, 0.3) is 10.9 Å². The number of benzene rings is 1. The quantitative estimate of drug-likeness (QED) is 0.880. The molecular formula is C14H17BrN2. The Morgan fingerprint density at radius 2 is 2.12 bits per heavy atom. The monoisotopic (exact) mass is 292 g/mol. The molecule has 1 aromatic carbocycles. The van der Waals surface area contributed by atoms with Gasteiger partial charge in [0, 0.05) is 28.1 Å². The Morgan fingerprint density at radius 1 is 1.29 bits per heavy atom. The summed E-state index contributed by atoms with van der Waals surface area (Å²) in [5.41, 5.74) is 2.48. The van der Waals surface area contributed by atoms with Gasteiger partial charge in [0.1, 0.15) is 0 Å². The number of aromatic nitrogens is 1. The highest BCUT2D eigenvalue weighted by Gasteiger charge is 2.14. The van der Waals surface area contributed by atoms with Gasteiger partial charge in [-0.3, -0.25) is 0 Å². The average molecular weight is 293 g/mol. The molecule has 1 aromatic heterocycles. The first-order valence-corrected chi connectivity index (χ1v) is 7.12. The van der Waals surface area contributed by atoms with Crippen LogP contribution in [0, 0.1) is 0 Å². The largest absolute Gasteiger partial charge is 0.356 e. The number of aromatic amines is 1. The van der Waals surface area contributed by atoms with Crippen molar-refractivity contribution in [3.05, 3.63) is 34.4 Å². The first-order chi connectivity index (χ1) is 8.33. The predicted molar refractivity (Wildman–Crippen MR) is 75.1 cm³/mol. The summed E-state index contributed by atoms with van der Waals surface area (Å²) in [6.45, 7) is 0.950. The summed E-state index contributed by atoms with van der Waals surface area (Å²) >= 11 is 3.58. The number of fused-ring (bicyclic) bond motifs is 1. The van der Waals surface area contributed by atoms with Crippen molar-refractivity contribution in [2.75, 3.05) is 0 Å². The lowest BCUT2D eigenvalue weighted by Crippen LogP contribution is -2.25. The Kier molecular flexibility index (Phi) is 3.21. The standard InChI is InChI=1S/C14H17BrN2/c15-13-7-3-4-10-8-12(17-14(10)13)9-16-11-5-1-2-6-11/h3-4,7-8,11,16-17H,1-2,5-6,9H2. The van der Waals surface area contributed by atoms with Crippen molar-refractivity contribution in [1.82, 2.24) is 10.3 Å². The molecule has 17 heavy (non-hydrogen) atoms. The minimum absolute atomic E-state index is 0.727. The van der Waals surface area contributed by atoms with Crippen molar-refractivity contribution in [1.29, 1.82) is 0 Å². The number of H-pyrrole nitrogens is 1. The number of hydrogen-bond donors (Lipinski definition) is 2. The van der Waals surface area contributed by atoms with Gasteiger partial charge in [-0.25, -0.2) is 0 Å². The third-order valence-corrected chi connectivity index (χ3v) is 4.26. The Hall–Kier alpha value is -0.800. The summed E-state index contributed by atoms with van der Waals surface area (Å²) in [5, 5.41) is 4.91. The molecule has 1 aliphatic carbocycles. The molecule has 0 aliphatic heterocycles. The van der Waals surface area contributed by atoms with E-state index in [1.807, 2.05) is 0 Å². The van der Waals surface area contributed by atoms with Crippen LogP contribution in [0.3, 0.4) is 0 Å². The van der Waals surface area contributed by atoms with E-state index < -0.39 is 0 Å². The second kappa shape index (κ2) is 4.83. The summed E-state index contributed by atoms with van der Waals surface area (Å²) in [7, 11) is 0. The molecule has 1 fully saturated rings. The second-order valence-corrected chi connectivity index (χ2v) is 5.72. The van der Waals surface area contributed by atoms with Crippen LogP contribution in [0.4, 0.5) is 0 Å². The highest BCUT2D eigenvalue weighted by atomic mass is 79.9. The van der Waals surface area contributed by atoms with Crippen molar-refractivity contribution >= 4 is 26.8 Å². The molecule has 0 bridgehead atoms. The molecule has 0 saturated heterocycles. The fourth-order valence-corrected chi connectivity index (χ4v) is 3.14. The minimum atomic E-state index is 0.727. The molecule has 1 saturated carbocycles. The number of para-hydroxylation sites is 1. The van der Waals surface area contributed by atoms with Crippen LogP contribution < -0.4 is 5.32 Å². The van der Waals surface area contributed by atoms with E-state index >= 15 is 0 Å². The lowest BCUT2D eigenvalue weighted by molar-refractivity contribution is 0.520. The van der Waals surface area contributed by atoms with E-state index in [0.717, 1.165) is 17.1 Å². The molecular weight excluding hydrogens is 276 g/mol. The SMILES string of the molecule is Brc1cccc2cc(CNC3CCCC3)[nH]c12. The number of nitrogens with one attached hydrogen (secondary N) is 2. The summed E-state index contributed by atoms with van der Waals surface area (Å²) in [6, 6.07) is 9.27. The zero-order valence-corrected chi connectivity index (χ0v) is 11.4. The van der Waals surface area contributed by atoms with Crippen molar-refractivity contribution in [3.63, 3.8) is 0 Å². The maximum atomic E-state index is 3.63. The molecule has 0 atom stereocenters. The number of halogens is 1. The molecule has 2 nitrogen and oxygen atoms in total. The van der Waals surface area contributed by atoms with Gasteiger partial charge in [0.25, 0.3) is 0 Å². The van der Waals surface area contributed by atoms with Gasteiger partial charge in [0.2, 0.25) is 0 Å². The van der Waals surface area contributed by atoms with Gasteiger partial charge in [-0.1, -0.05) is 25.0 Å². The van der Waals surface area contributed by atoms with Crippen molar-refractivity contribution in [2.24, 2.45) is 0 Å². The van der Waals surface area contributed by atoms with Gasteiger partial charge in [-0.2, -0.15) is 0 Å². The molecule has 3 heteroatoms. The lowest BCUT2D eigenvalue weighted by Gasteiger charge is -2.10. The minimum Gasteiger partial charge on any atom is -0.356 e. The second-order valence-electron chi connectivity index (χ2n) is 4.86. The molecule has 1 aliphatic rings. The number of hydrogen-bond acceptors (Lipinski definition) is 1. The van der Waals surface area contributed by atoms with Gasteiger partial charge in [0.15, 0.2) is 0 Å². The van der Waals surface area contributed by atoms with Gasteiger partial charge in [0.05, 0.1) is 5.52 Å². The first kappa shape index (κ1) is 11.3. The summed E-state index contributed by atoms with van der Waals surface area (Å²) in [5.74, 6) is 0. The maximum absolute atomic E-state index is 3.63. The lowest BCUT2D eigenvalue weighted by atomic mass is 10.2. The smallest absolute Gasteiger partial charge is 0.0600 e. The molecule has 0 radical (unpaired) electrons. The summed E-state index contributed by atoms with van der Waals surface area (Å²) in [4.78, 5) is 3.48. The molecule has 3 rings (SSSR count). The van der Waals surface area contributed by atoms with Crippen molar-refractivity contribution in [2.45, 2.75) is 38.3 Å². The zero-order valence-electron chi connectivity index (χ0n) is 9.80. The molecule has 90 valence electrons. The fraction of sp³-hybridized carbons (Fsp3) is 0.429. The van der Waals surface area contributed by atoms with E-state index in [0.29, 0.717) is 0 Å². The predicted octanol–water partition coefficient (Wildman–Crippen LogP) is 3.96. The topological polar surface area (TPSA) is 27.8 Å². The van der Waals surface area contributed by atoms with Crippen molar-refractivity contribution < 1.29 is 0 Å².